The maximum Gasteiger partial charge on any atom is 0.306 e. The van der Waals surface area contributed by atoms with Gasteiger partial charge < -0.3 is 20.3 Å². The predicted molar refractivity (Wildman–Crippen MR) is 296 cm³/mol. The minimum atomic E-state index is -0.801. The molecule has 6 heteroatoms. The zero-order valence-electron chi connectivity index (χ0n) is 45.5. The number of hydrogen-bond donors (Lipinski definition) is 3. The molecular formula is C62H115NO5. The van der Waals surface area contributed by atoms with Gasteiger partial charge in [0.25, 0.3) is 0 Å². The van der Waals surface area contributed by atoms with Crippen LogP contribution in [0.2, 0.25) is 0 Å². The first-order valence-corrected chi connectivity index (χ1v) is 29.9. The Kier molecular flexibility index (Phi) is 54.0. The van der Waals surface area contributed by atoms with Gasteiger partial charge in [0, 0.05) is 6.42 Å². The lowest BCUT2D eigenvalue weighted by molar-refractivity contribution is -0.151. The minimum Gasteiger partial charge on any atom is -0.462 e. The fourth-order valence-electron chi connectivity index (χ4n) is 9.11. The molecule has 0 rings (SSSR count). The molecule has 0 aromatic heterocycles. The van der Waals surface area contributed by atoms with Crippen LogP contribution in [0.4, 0.5) is 0 Å². The molecule has 3 unspecified atom stereocenters. The zero-order chi connectivity index (χ0) is 49.5. The number of esters is 1. The monoisotopic (exact) mass is 954 g/mol. The topological polar surface area (TPSA) is 95.9 Å². The van der Waals surface area contributed by atoms with Gasteiger partial charge in [-0.3, -0.25) is 9.59 Å². The van der Waals surface area contributed by atoms with Gasteiger partial charge in [-0.25, -0.2) is 0 Å². The summed E-state index contributed by atoms with van der Waals surface area (Å²) >= 11 is 0. The van der Waals surface area contributed by atoms with Crippen molar-refractivity contribution in [2.45, 2.75) is 328 Å². The molecule has 1 amide bonds. The molecule has 0 saturated carbocycles. The highest BCUT2D eigenvalue weighted by molar-refractivity contribution is 5.77. The van der Waals surface area contributed by atoms with Crippen LogP contribution in [-0.4, -0.2) is 46.9 Å². The second-order valence-corrected chi connectivity index (χ2v) is 20.4. The molecule has 398 valence electrons. The molecule has 0 aliphatic heterocycles. The second kappa shape index (κ2) is 55.7. The van der Waals surface area contributed by atoms with E-state index in [0.717, 1.165) is 64.2 Å². The van der Waals surface area contributed by atoms with Crippen LogP contribution < -0.4 is 5.32 Å². The Morgan fingerprint density at radius 1 is 0.441 bits per heavy atom. The van der Waals surface area contributed by atoms with Crippen molar-refractivity contribution < 1.29 is 24.5 Å². The standard InChI is InChI=1S/C62H115NO5/c1-4-7-10-13-16-19-22-25-28-30-31-32-34-37-40-43-46-49-52-55-62(67)68-58(53-50-47-44-41-38-35-27-24-21-18-15-12-9-6-3)56-61(66)63-59(57-64)60(65)54-51-48-45-42-39-36-33-29-26-23-20-17-14-11-8-5-2/h16,19,25,28,35,38,41,44,58-60,64-65H,4-15,17-18,20-24,26-27,29-34,36-37,39-40,42-43,45-57H2,1-3H3,(H,63,66)/b19-16-,28-25-,38-35+,44-41+. The molecule has 68 heavy (non-hydrogen) atoms. The van der Waals surface area contributed by atoms with Crippen LogP contribution in [0, 0.1) is 0 Å². The third kappa shape index (κ3) is 50.2. The van der Waals surface area contributed by atoms with Crippen molar-refractivity contribution in [2.24, 2.45) is 0 Å². The molecular weight excluding hydrogens is 839 g/mol. The Balaban J connectivity index is 4.55. The number of carbonyl (C=O) groups excluding carboxylic acids is 2. The van der Waals surface area contributed by atoms with E-state index in [1.807, 2.05) is 0 Å². The van der Waals surface area contributed by atoms with Crippen LogP contribution in [0.1, 0.15) is 310 Å². The Bertz CT molecular complexity index is 1160. The molecule has 0 heterocycles. The summed E-state index contributed by atoms with van der Waals surface area (Å²) in [7, 11) is 0. The van der Waals surface area contributed by atoms with E-state index in [1.165, 1.54) is 199 Å². The smallest absolute Gasteiger partial charge is 0.306 e. The lowest BCUT2D eigenvalue weighted by atomic mass is 10.0. The second-order valence-electron chi connectivity index (χ2n) is 20.4. The number of unbranched alkanes of at least 4 members (excludes halogenated alkanes) is 35. The summed E-state index contributed by atoms with van der Waals surface area (Å²) in [5.41, 5.74) is 0. The predicted octanol–water partition coefficient (Wildman–Crippen LogP) is 18.6. The molecule has 0 aliphatic rings. The Morgan fingerprint density at radius 3 is 1.26 bits per heavy atom. The zero-order valence-corrected chi connectivity index (χ0v) is 45.5. The van der Waals surface area contributed by atoms with Gasteiger partial charge in [0.2, 0.25) is 5.91 Å². The molecule has 0 spiro atoms. The van der Waals surface area contributed by atoms with Crippen LogP contribution in [-0.2, 0) is 14.3 Å². The quantitative estimate of drug-likeness (QED) is 0.0244. The van der Waals surface area contributed by atoms with Crippen LogP contribution in [0.5, 0.6) is 0 Å². The van der Waals surface area contributed by atoms with Gasteiger partial charge in [0.05, 0.1) is 25.2 Å². The first kappa shape index (κ1) is 65.8. The van der Waals surface area contributed by atoms with Crippen molar-refractivity contribution in [1.82, 2.24) is 5.32 Å². The number of carbonyl (C=O) groups is 2. The fourth-order valence-corrected chi connectivity index (χ4v) is 9.11. The van der Waals surface area contributed by atoms with E-state index in [9.17, 15) is 19.8 Å². The summed E-state index contributed by atoms with van der Waals surface area (Å²) in [6.07, 6.45) is 69.0. The van der Waals surface area contributed by atoms with Gasteiger partial charge in [0.15, 0.2) is 0 Å². The van der Waals surface area contributed by atoms with Crippen LogP contribution in [0.25, 0.3) is 0 Å². The number of aliphatic hydroxyl groups is 2. The number of aliphatic hydroxyl groups excluding tert-OH is 2. The maximum atomic E-state index is 13.3. The van der Waals surface area contributed by atoms with Crippen LogP contribution in [0.3, 0.4) is 0 Å². The summed E-state index contributed by atoms with van der Waals surface area (Å²) in [6, 6.07) is -0.717. The Labute approximate surface area is 423 Å². The fraction of sp³-hybridized carbons (Fsp3) is 0.839. The maximum absolute atomic E-state index is 13.3. The van der Waals surface area contributed by atoms with Gasteiger partial charge in [-0.05, 0) is 77.0 Å². The van der Waals surface area contributed by atoms with Crippen LogP contribution >= 0.6 is 0 Å². The first-order valence-electron chi connectivity index (χ1n) is 29.9. The normalized spacial score (nSPS) is 13.4. The average Bonchev–Trinajstić information content (AvgIpc) is 3.33. The van der Waals surface area contributed by atoms with E-state index in [-0.39, 0.29) is 24.9 Å². The molecule has 0 aliphatic carbocycles. The van der Waals surface area contributed by atoms with Crippen molar-refractivity contribution in [1.29, 1.82) is 0 Å². The molecule has 0 bridgehead atoms. The molecule has 0 fully saturated rings. The SMILES string of the molecule is CCCCC/C=C\C/C=C\CCCCCCCCCCCC(=O)OC(CCC/C=C/C=C/CCCCCCCCC)CC(=O)NC(CO)C(O)CCCCCCCCCCCCCCCCCC. The molecule has 0 radical (unpaired) electrons. The third-order valence-corrected chi connectivity index (χ3v) is 13.7. The van der Waals surface area contributed by atoms with Gasteiger partial charge in [-0.1, -0.05) is 268 Å². The summed E-state index contributed by atoms with van der Waals surface area (Å²) in [6.45, 7) is 6.47. The van der Waals surface area contributed by atoms with Crippen molar-refractivity contribution in [3.05, 3.63) is 48.6 Å². The van der Waals surface area contributed by atoms with E-state index in [2.05, 4.69) is 74.7 Å². The number of amides is 1. The number of ether oxygens (including phenoxy) is 1. The first-order chi connectivity index (χ1) is 33.5. The molecule has 3 atom stereocenters. The van der Waals surface area contributed by atoms with Gasteiger partial charge in [0.1, 0.15) is 6.10 Å². The molecule has 0 saturated heterocycles. The van der Waals surface area contributed by atoms with Gasteiger partial charge in [-0.2, -0.15) is 0 Å². The summed E-state index contributed by atoms with van der Waals surface area (Å²) in [5, 5.41) is 23.9. The number of rotatable bonds is 54. The van der Waals surface area contributed by atoms with E-state index < -0.39 is 18.2 Å². The largest absolute Gasteiger partial charge is 0.462 e. The number of hydrogen-bond acceptors (Lipinski definition) is 5. The molecule has 3 N–H and O–H groups in total. The van der Waals surface area contributed by atoms with Crippen molar-refractivity contribution in [3.63, 3.8) is 0 Å². The number of allylic oxidation sites excluding steroid dienone is 8. The highest BCUT2D eigenvalue weighted by Gasteiger charge is 2.24. The van der Waals surface area contributed by atoms with Crippen LogP contribution in [0.15, 0.2) is 48.6 Å². The van der Waals surface area contributed by atoms with Crippen molar-refractivity contribution in [2.75, 3.05) is 6.61 Å². The lowest BCUT2D eigenvalue weighted by Gasteiger charge is -2.24. The molecule has 6 nitrogen and oxygen atoms in total. The lowest BCUT2D eigenvalue weighted by Crippen LogP contribution is -2.46. The molecule has 0 aromatic rings. The van der Waals surface area contributed by atoms with E-state index in [0.29, 0.717) is 19.3 Å². The summed E-state index contributed by atoms with van der Waals surface area (Å²) in [5.74, 6) is -0.514. The summed E-state index contributed by atoms with van der Waals surface area (Å²) in [4.78, 5) is 26.3. The Morgan fingerprint density at radius 2 is 0.809 bits per heavy atom. The van der Waals surface area contributed by atoms with E-state index in [1.54, 1.807) is 0 Å². The van der Waals surface area contributed by atoms with Crippen molar-refractivity contribution in [3.8, 4) is 0 Å². The highest BCUT2D eigenvalue weighted by atomic mass is 16.5. The molecule has 0 aromatic carbocycles. The average molecular weight is 955 g/mol. The Hall–Kier alpha value is -2.18. The summed E-state index contributed by atoms with van der Waals surface area (Å²) < 4.78 is 5.94. The van der Waals surface area contributed by atoms with E-state index in [4.69, 9.17) is 4.74 Å². The van der Waals surface area contributed by atoms with Gasteiger partial charge >= 0.3 is 5.97 Å². The highest BCUT2D eigenvalue weighted by Crippen LogP contribution is 2.18. The van der Waals surface area contributed by atoms with E-state index >= 15 is 0 Å². The number of nitrogens with one attached hydrogen (secondary N) is 1. The minimum absolute atomic E-state index is 0.0445. The van der Waals surface area contributed by atoms with Crippen molar-refractivity contribution >= 4 is 11.9 Å². The third-order valence-electron chi connectivity index (χ3n) is 13.7. The van der Waals surface area contributed by atoms with Gasteiger partial charge in [-0.15, -0.1) is 0 Å².